The minimum Gasteiger partial charge on any atom is -0.378 e. The van der Waals surface area contributed by atoms with Crippen LogP contribution in [0.1, 0.15) is 18.4 Å². The monoisotopic (exact) mass is 249 g/mol. The number of anilines is 1. The molecule has 0 aliphatic heterocycles. The summed E-state index contributed by atoms with van der Waals surface area (Å²) in [6, 6.07) is 5.87. The Kier molecular flexibility index (Phi) is 3.81. The summed E-state index contributed by atoms with van der Waals surface area (Å²) in [5.41, 5.74) is 1.72. The van der Waals surface area contributed by atoms with E-state index in [1.54, 1.807) is 12.1 Å². The number of nitro benzene ring substituents is 1. The van der Waals surface area contributed by atoms with Crippen molar-refractivity contribution < 1.29 is 4.92 Å². The number of aryl methyl sites for hydroxylation is 1. The van der Waals surface area contributed by atoms with Gasteiger partial charge in [0.1, 0.15) is 5.69 Å². The summed E-state index contributed by atoms with van der Waals surface area (Å²) in [7, 11) is 2.10. The van der Waals surface area contributed by atoms with Gasteiger partial charge in [0.2, 0.25) is 0 Å². The van der Waals surface area contributed by atoms with E-state index in [0.717, 1.165) is 24.7 Å². The van der Waals surface area contributed by atoms with Gasteiger partial charge in [-0.15, -0.1) is 0 Å². The zero-order valence-corrected chi connectivity index (χ0v) is 10.8. The number of hydrogen-bond donors (Lipinski definition) is 1. The van der Waals surface area contributed by atoms with Gasteiger partial charge in [-0.1, -0.05) is 12.1 Å². The number of rotatable bonds is 6. The second-order valence-corrected chi connectivity index (χ2v) is 4.86. The van der Waals surface area contributed by atoms with E-state index in [1.165, 1.54) is 12.8 Å². The van der Waals surface area contributed by atoms with Gasteiger partial charge in [-0.25, -0.2) is 0 Å². The Labute approximate surface area is 107 Å². The Balaban J connectivity index is 1.97. The van der Waals surface area contributed by atoms with E-state index in [-0.39, 0.29) is 10.6 Å². The first-order valence-electron chi connectivity index (χ1n) is 6.27. The summed E-state index contributed by atoms with van der Waals surface area (Å²) in [4.78, 5) is 12.9. The Bertz CT molecular complexity index is 444. The largest absolute Gasteiger partial charge is 0.378 e. The summed E-state index contributed by atoms with van der Waals surface area (Å²) in [5.74, 6) is 0. The smallest absolute Gasteiger partial charge is 0.292 e. The fourth-order valence-electron chi connectivity index (χ4n) is 2.09. The lowest BCUT2D eigenvalue weighted by Gasteiger charge is -2.17. The minimum atomic E-state index is -0.333. The lowest BCUT2D eigenvalue weighted by atomic mass is 10.1. The van der Waals surface area contributed by atoms with Crippen molar-refractivity contribution in [3.8, 4) is 0 Å². The summed E-state index contributed by atoms with van der Waals surface area (Å²) >= 11 is 0. The van der Waals surface area contributed by atoms with Crippen molar-refractivity contribution in [3.63, 3.8) is 0 Å². The van der Waals surface area contributed by atoms with Gasteiger partial charge in [0, 0.05) is 25.2 Å². The molecule has 1 aromatic carbocycles. The number of nitrogens with zero attached hydrogens (tertiary/aromatic N) is 2. The molecule has 5 heteroatoms. The maximum Gasteiger partial charge on any atom is 0.292 e. The third-order valence-electron chi connectivity index (χ3n) is 3.38. The number of nitrogens with one attached hydrogen (secondary N) is 1. The van der Waals surface area contributed by atoms with Crippen LogP contribution in [-0.2, 0) is 0 Å². The third-order valence-corrected chi connectivity index (χ3v) is 3.38. The summed E-state index contributed by atoms with van der Waals surface area (Å²) < 4.78 is 0. The normalized spacial score (nSPS) is 14.8. The average molecular weight is 249 g/mol. The molecule has 0 amide bonds. The second-order valence-electron chi connectivity index (χ2n) is 4.86. The van der Waals surface area contributed by atoms with E-state index < -0.39 is 0 Å². The fraction of sp³-hybridized carbons (Fsp3) is 0.538. The first-order valence-corrected chi connectivity index (χ1v) is 6.27. The standard InChI is InChI=1S/C13H19N3O2/c1-10-4-3-5-12(16(17)18)13(10)14-8-9-15(2)11-6-7-11/h3-5,11,14H,6-9H2,1-2H3. The highest BCUT2D eigenvalue weighted by Crippen LogP contribution is 2.28. The summed E-state index contributed by atoms with van der Waals surface area (Å²) in [5, 5.41) is 14.1. The van der Waals surface area contributed by atoms with Gasteiger partial charge in [-0.3, -0.25) is 10.1 Å². The van der Waals surface area contributed by atoms with Crippen molar-refractivity contribution in [1.29, 1.82) is 0 Å². The van der Waals surface area contributed by atoms with E-state index in [0.29, 0.717) is 5.69 Å². The second kappa shape index (κ2) is 5.35. The minimum absolute atomic E-state index is 0.157. The van der Waals surface area contributed by atoms with E-state index in [9.17, 15) is 10.1 Å². The van der Waals surface area contributed by atoms with Crippen LogP contribution >= 0.6 is 0 Å². The first-order chi connectivity index (χ1) is 8.59. The Morgan fingerprint density at radius 3 is 2.83 bits per heavy atom. The van der Waals surface area contributed by atoms with Crippen LogP contribution in [0, 0.1) is 17.0 Å². The molecule has 0 aromatic heterocycles. The van der Waals surface area contributed by atoms with Crippen LogP contribution in [0.15, 0.2) is 18.2 Å². The molecule has 0 atom stereocenters. The molecular formula is C13H19N3O2. The number of nitro groups is 1. The van der Waals surface area contributed by atoms with Crippen LogP contribution in [0.4, 0.5) is 11.4 Å². The van der Waals surface area contributed by atoms with Crippen molar-refractivity contribution in [2.45, 2.75) is 25.8 Å². The van der Waals surface area contributed by atoms with Crippen molar-refractivity contribution >= 4 is 11.4 Å². The molecule has 1 aliphatic rings. The topological polar surface area (TPSA) is 58.4 Å². The fourth-order valence-corrected chi connectivity index (χ4v) is 2.09. The SMILES string of the molecule is Cc1cccc([N+](=O)[O-])c1NCCN(C)C1CC1. The van der Waals surface area contributed by atoms with Crippen LogP contribution in [0.3, 0.4) is 0 Å². The molecule has 1 saturated carbocycles. The number of benzene rings is 1. The first kappa shape index (κ1) is 12.8. The van der Waals surface area contributed by atoms with E-state index in [1.807, 2.05) is 13.0 Å². The highest BCUT2D eigenvalue weighted by atomic mass is 16.6. The molecule has 5 nitrogen and oxygen atoms in total. The molecule has 1 aliphatic carbocycles. The van der Waals surface area contributed by atoms with Crippen LogP contribution < -0.4 is 5.32 Å². The maximum absolute atomic E-state index is 10.9. The van der Waals surface area contributed by atoms with Crippen LogP contribution in [0.5, 0.6) is 0 Å². The van der Waals surface area contributed by atoms with Gasteiger partial charge in [0.05, 0.1) is 4.92 Å². The zero-order chi connectivity index (χ0) is 13.1. The number of para-hydroxylation sites is 1. The Hall–Kier alpha value is -1.62. The number of hydrogen-bond acceptors (Lipinski definition) is 4. The van der Waals surface area contributed by atoms with E-state index in [4.69, 9.17) is 0 Å². The molecule has 1 aromatic rings. The number of likely N-dealkylation sites (N-methyl/N-ethyl adjacent to an activating group) is 1. The molecule has 0 unspecified atom stereocenters. The van der Waals surface area contributed by atoms with Crippen LogP contribution in [0.2, 0.25) is 0 Å². The lowest BCUT2D eigenvalue weighted by Crippen LogP contribution is -2.27. The Morgan fingerprint density at radius 1 is 1.50 bits per heavy atom. The molecule has 0 bridgehead atoms. The molecule has 98 valence electrons. The zero-order valence-electron chi connectivity index (χ0n) is 10.8. The molecule has 2 rings (SSSR count). The Morgan fingerprint density at radius 2 is 2.22 bits per heavy atom. The predicted octanol–water partition coefficient (Wildman–Crippen LogP) is 2.41. The van der Waals surface area contributed by atoms with Crippen LogP contribution in [0.25, 0.3) is 0 Å². The van der Waals surface area contributed by atoms with Crippen molar-refractivity contribution in [1.82, 2.24) is 4.90 Å². The molecule has 1 N–H and O–H groups in total. The molecule has 18 heavy (non-hydrogen) atoms. The van der Waals surface area contributed by atoms with Crippen molar-refractivity contribution in [3.05, 3.63) is 33.9 Å². The quantitative estimate of drug-likeness (QED) is 0.621. The van der Waals surface area contributed by atoms with Gasteiger partial charge in [-0.05, 0) is 32.4 Å². The summed E-state index contributed by atoms with van der Waals surface area (Å²) in [6.07, 6.45) is 2.56. The van der Waals surface area contributed by atoms with Gasteiger partial charge in [0.25, 0.3) is 5.69 Å². The van der Waals surface area contributed by atoms with E-state index in [2.05, 4.69) is 17.3 Å². The van der Waals surface area contributed by atoms with Gasteiger partial charge in [-0.2, -0.15) is 0 Å². The van der Waals surface area contributed by atoms with Crippen LogP contribution in [-0.4, -0.2) is 36.0 Å². The molecule has 0 radical (unpaired) electrons. The average Bonchev–Trinajstić information content (AvgIpc) is 3.14. The predicted molar refractivity (Wildman–Crippen MR) is 72.0 cm³/mol. The molecule has 1 fully saturated rings. The van der Waals surface area contributed by atoms with Gasteiger partial charge in [0.15, 0.2) is 0 Å². The van der Waals surface area contributed by atoms with Gasteiger partial charge < -0.3 is 10.2 Å². The van der Waals surface area contributed by atoms with Gasteiger partial charge >= 0.3 is 0 Å². The van der Waals surface area contributed by atoms with Crippen molar-refractivity contribution in [2.75, 3.05) is 25.5 Å². The maximum atomic E-state index is 10.9. The highest BCUT2D eigenvalue weighted by molar-refractivity contribution is 5.65. The third kappa shape index (κ3) is 2.98. The lowest BCUT2D eigenvalue weighted by molar-refractivity contribution is -0.384. The molecule has 0 saturated heterocycles. The summed E-state index contributed by atoms with van der Waals surface area (Å²) in [6.45, 7) is 3.54. The van der Waals surface area contributed by atoms with E-state index >= 15 is 0 Å². The molecular weight excluding hydrogens is 230 g/mol. The molecule has 0 heterocycles. The molecule has 0 spiro atoms. The van der Waals surface area contributed by atoms with Crippen molar-refractivity contribution in [2.24, 2.45) is 0 Å². The highest BCUT2D eigenvalue weighted by Gasteiger charge is 2.25.